The van der Waals surface area contributed by atoms with Gasteiger partial charge in [0.15, 0.2) is 0 Å². The predicted octanol–water partition coefficient (Wildman–Crippen LogP) is 3.83. The third-order valence-electron chi connectivity index (χ3n) is 5.66. The van der Waals surface area contributed by atoms with E-state index in [0.29, 0.717) is 25.1 Å². The molecule has 1 aliphatic heterocycles. The largest absolute Gasteiger partial charge is 0.507 e. The van der Waals surface area contributed by atoms with Gasteiger partial charge in [0.2, 0.25) is 0 Å². The number of aliphatic hydroxyl groups is 1. The van der Waals surface area contributed by atoms with Crippen LogP contribution in [0.3, 0.4) is 0 Å². The molecule has 6 heteroatoms. The molecule has 1 atom stereocenters. The van der Waals surface area contributed by atoms with Crippen molar-refractivity contribution < 1.29 is 19.4 Å². The van der Waals surface area contributed by atoms with Crippen LogP contribution in [0.4, 0.5) is 5.69 Å². The first-order valence-corrected chi connectivity index (χ1v) is 10.4. The number of benzene rings is 2. The van der Waals surface area contributed by atoms with E-state index in [4.69, 9.17) is 4.74 Å². The third kappa shape index (κ3) is 4.49. The van der Waals surface area contributed by atoms with Crippen LogP contribution >= 0.6 is 0 Å². The Morgan fingerprint density at radius 2 is 1.77 bits per heavy atom. The third-order valence-corrected chi connectivity index (χ3v) is 5.66. The Kier molecular flexibility index (Phi) is 6.81. The number of carbonyl (C=O) groups is 2. The van der Waals surface area contributed by atoms with Crippen molar-refractivity contribution in [3.8, 4) is 0 Å². The molecule has 1 amide bonds. The van der Waals surface area contributed by atoms with Crippen molar-refractivity contribution in [3.63, 3.8) is 0 Å². The number of Topliss-reactive ketones (excluding diaryl/α,β-unsaturated/α-hetero) is 1. The Labute approximate surface area is 183 Å². The van der Waals surface area contributed by atoms with Crippen LogP contribution in [0.15, 0.2) is 48.0 Å². The number of ether oxygens (including phenoxy) is 1. The van der Waals surface area contributed by atoms with E-state index in [2.05, 4.69) is 0 Å². The van der Waals surface area contributed by atoms with Crippen LogP contribution < -0.4 is 4.90 Å². The number of aryl methyl sites for hydroxylation is 2. The van der Waals surface area contributed by atoms with E-state index >= 15 is 0 Å². The molecule has 0 spiro atoms. The zero-order valence-electron chi connectivity index (χ0n) is 18.8. The number of carbonyl (C=O) groups excluding carboxylic acids is 2. The van der Waals surface area contributed by atoms with Gasteiger partial charge in [0.25, 0.3) is 11.7 Å². The number of ketones is 1. The molecule has 3 rings (SSSR count). The minimum absolute atomic E-state index is 0.129. The number of hydrogen-bond acceptors (Lipinski definition) is 5. The Hall–Kier alpha value is -3.12. The number of hydrogen-bond donors (Lipinski definition) is 1. The quantitative estimate of drug-likeness (QED) is 0.318. The fourth-order valence-corrected chi connectivity index (χ4v) is 3.93. The van der Waals surface area contributed by atoms with Gasteiger partial charge in [-0.1, -0.05) is 29.8 Å². The molecule has 1 heterocycles. The fourth-order valence-electron chi connectivity index (χ4n) is 3.93. The maximum atomic E-state index is 13.1. The molecule has 2 aromatic carbocycles. The summed E-state index contributed by atoms with van der Waals surface area (Å²) >= 11 is 0. The van der Waals surface area contributed by atoms with E-state index in [1.807, 2.05) is 75.3 Å². The normalized spacial score (nSPS) is 18.0. The molecule has 1 unspecified atom stereocenters. The van der Waals surface area contributed by atoms with Crippen LogP contribution in [0.5, 0.6) is 0 Å². The molecular formula is C25H30N2O4. The second kappa shape index (κ2) is 9.35. The molecule has 1 fully saturated rings. The van der Waals surface area contributed by atoms with Gasteiger partial charge < -0.3 is 19.6 Å². The second-order valence-corrected chi connectivity index (χ2v) is 8.14. The van der Waals surface area contributed by atoms with Gasteiger partial charge >= 0.3 is 0 Å². The lowest BCUT2D eigenvalue weighted by Gasteiger charge is -2.26. The first kappa shape index (κ1) is 22.6. The van der Waals surface area contributed by atoms with Crippen molar-refractivity contribution in [3.05, 3.63) is 70.3 Å². The summed E-state index contributed by atoms with van der Waals surface area (Å²) in [6, 6.07) is 12.8. The molecule has 0 bridgehead atoms. The van der Waals surface area contributed by atoms with E-state index in [-0.39, 0.29) is 11.3 Å². The van der Waals surface area contributed by atoms with Gasteiger partial charge in [0.05, 0.1) is 11.6 Å². The molecule has 1 saturated heterocycles. The van der Waals surface area contributed by atoms with E-state index < -0.39 is 17.7 Å². The number of amides is 1. The van der Waals surface area contributed by atoms with E-state index in [1.54, 1.807) is 12.0 Å². The van der Waals surface area contributed by atoms with Crippen LogP contribution in [0.2, 0.25) is 0 Å². The van der Waals surface area contributed by atoms with Gasteiger partial charge in [-0.2, -0.15) is 0 Å². The second-order valence-electron chi connectivity index (χ2n) is 8.14. The monoisotopic (exact) mass is 422 g/mol. The topological polar surface area (TPSA) is 70.1 Å². The number of anilines is 1. The summed E-state index contributed by atoms with van der Waals surface area (Å²) in [5, 5.41) is 11.2. The average Bonchev–Trinajstić information content (AvgIpc) is 3.00. The molecule has 31 heavy (non-hydrogen) atoms. The minimum atomic E-state index is -0.655. The first-order chi connectivity index (χ1) is 14.8. The van der Waals surface area contributed by atoms with Gasteiger partial charge in [-0.25, -0.2) is 0 Å². The number of methoxy groups -OCH3 is 1. The molecule has 1 aliphatic rings. The maximum absolute atomic E-state index is 13.1. The number of nitrogens with zero attached hydrogens (tertiary/aromatic N) is 2. The van der Waals surface area contributed by atoms with Gasteiger partial charge in [-0.3, -0.25) is 9.59 Å². The Bertz CT molecular complexity index is 1010. The molecular weight excluding hydrogens is 392 g/mol. The molecule has 1 N–H and O–H groups in total. The molecule has 164 valence electrons. The van der Waals surface area contributed by atoms with Crippen molar-refractivity contribution in [1.82, 2.24) is 4.90 Å². The van der Waals surface area contributed by atoms with Gasteiger partial charge in [0, 0.05) is 45.6 Å². The van der Waals surface area contributed by atoms with E-state index in [1.165, 1.54) is 0 Å². The highest BCUT2D eigenvalue weighted by Crippen LogP contribution is 2.40. The number of rotatable bonds is 7. The summed E-state index contributed by atoms with van der Waals surface area (Å²) in [6.07, 6.45) is 0.597. The molecule has 0 aliphatic carbocycles. The van der Waals surface area contributed by atoms with Crippen molar-refractivity contribution >= 4 is 23.1 Å². The summed E-state index contributed by atoms with van der Waals surface area (Å²) in [7, 11) is 5.50. The van der Waals surface area contributed by atoms with Crippen LogP contribution in [-0.4, -0.2) is 56.1 Å². The van der Waals surface area contributed by atoms with E-state index in [0.717, 1.165) is 22.4 Å². The van der Waals surface area contributed by atoms with Gasteiger partial charge in [-0.05, 0) is 49.6 Å². The highest BCUT2D eigenvalue weighted by atomic mass is 16.5. The summed E-state index contributed by atoms with van der Waals surface area (Å²) in [5.74, 6) is -1.38. The molecule has 0 saturated carbocycles. The van der Waals surface area contributed by atoms with Crippen LogP contribution in [0.1, 0.15) is 34.7 Å². The average molecular weight is 423 g/mol. The Balaban J connectivity index is 2.15. The number of aliphatic hydroxyl groups excluding tert-OH is 1. The fraction of sp³-hybridized carbons (Fsp3) is 0.360. The lowest BCUT2D eigenvalue weighted by Crippen LogP contribution is -2.31. The smallest absolute Gasteiger partial charge is 0.295 e. The summed E-state index contributed by atoms with van der Waals surface area (Å²) in [4.78, 5) is 29.5. The van der Waals surface area contributed by atoms with Crippen LogP contribution in [0.25, 0.3) is 5.76 Å². The zero-order chi connectivity index (χ0) is 22.7. The summed E-state index contributed by atoms with van der Waals surface area (Å²) < 4.78 is 5.13. The van der Waals surface area contributed by atoms with Crippen molar-refractivity contribution in [1.29, 1.82) is 0 Å². The SMILES string of the molecule is COCCCN1C(=O)C(=O)C(=C(O)c2cc(C)ccc2C)C1c1ccc(N(C)C)cc1. The van der Waals surface area contributed by atoms with Crippen molar-refractivity contribution in [2.75, 3.05) is 39.3 Å². The summed E-state index contributed by atoms with van der Waals surface area (Å²) in [5.41, 5.74) is 4.31. The maximum Gasteiger partial charge on any atom is 0.295 e. The standard InChI is InChI=1S/C25H30N2O4/c1-16-7-8-17(2)20(15-16)23(28)21-22(18-9-11-19(12-10-18)26(3)4)27(13-6-14-31-5)25(30)24(21)29/h7-12,15,22,28H,6,13-14H2,1-5H3. The van der Waals surface area contributed by atoms with E-state index in [9.17, 15) is 14.7 Å². The molecule has 0 radical (unpaired) electrons. The highest BCUT2D eigenvalue weighted by Gasteiger charge is 2.45. The molecule has 2 aromatic rings. The lowest BCUT2D eigenvalue weighted by atomic mass is 9.93. The molecule has 6 nitrogen and oxygen atoms in total. The highest BCUT2D eigenvalue weighted by molar-refractivity contribution is 6.46. The van der Waals surface area contributed by atoms with Crippen molar-refractivity contribution in [2.24, 2.45) is 0 Å². The van der Waals surface area contributed by atoms with Gasteiger partial charge in [-0.15, -0.1) is 0 Å². The Morgan fingerprint density at radius 3 is 2.39 bits per heavy atom. The lowest BCUT2D eigenvalue weighted by molar-refractivity contribution is -0.140. The first-order valence-electron chi connectivity index (χ1n) is 10.4. The zero-order valence-corrected chi connectivity index (χ0v) is 18.8. The van der Waals surface area contributed by atoms with Crippen LogP contribution in [-0.2, 0) is 14.3 Å². The predicted molar refractivity (Wildman–Crippen MR) is 122 cm³/mol. The minimum Gasteiger partial charge on any atom is -0.507 e. The van der Waals surface area contributed by atoms with Crippen molar-refractivity contribution in [2.45, 2.75) is 26.3 Å². The Morgan fingerprint density at radius 1 is 1.10 bits per heavy atom. The number of likely N-dealkylation sites (tertiary alicyclic amines) is 1. The molecule has 0 aromatic heterocycles. The van der Waals surface area contributed by atoms with Crippen LogP contribution in [0, 0.1) is 13.8 Å². The van der Waals surface area contributed by atoms with Gasteiger partial charge in [0.1, 0.15) is 5.76 Å². The summed E-state index contributed by atoms with van der Waals surface area (Å²) in [6.45, 7) is 4.65.